The van der Waals surface area contributed by atoms with Crippen molar-refractivity contribution in [2.45, 2.75) is 18.9 Å². The zero-order valence-electron chi connectivity index (χ0n) is 8.39. The van der Waals surface area contributed by atoms with Gasteiger partial charge in [-0.25, -0.2) is 0 Å². The zero-order chi connectivity index (χ0) is 11.5. The van der Waals surface area contributed by atoms with Gasteiger partial charge in [0.2, 0.25) is 0 Å². The zero-order valence-corrected chi connectivity index (χ0v) is 9.98. The molecule has 1 aromatic rings. The van der Waals surface area contributed by atoms with Gasteiger partial charge in [-0.2, -0.15) is 0 Å². The summed E-state index contributed by atoms with van der Waals surface area (Å²) in [6.45, 7) is 0. The van der Waals surface area contributed by atoms with Gasteiger partial charge in [0.25, 0.3) is 0 Å². The molecule has 1 aromatic carbocycles. The van der Waals surface area contributed by atoms with Gasteiger partial charge in [0.05, 0.1) is 12.1 Å². The van der Waals surface area contributed by atoms with E-state index in [-0.39, 0.29) is 12.5 Å². The molecule has 2 rings (SSSR count). The summed E-state index contributed by atoms with van der Waals surface area (Å²) in [7, 11) is 0. The van der Waals surface area contributed by atoms with Crippen LogP contribution in [0.1, 0.15) is 18.4 Å². The van der Waals surface area contributed by atoms with Crippen LogP contribution >= 0.6 is 15.9 Å². The maximum absolute atomic E-state index is 10.5. The lowest BCUT2D eigenvalue weighted by atomic mass is 10.0. The monoisotopic (exact) mass is 283 g/mol. The third-order valence-corrected chi connectivity index (χ3v) is 3.01. The van der Waals surface area contributed by atoms with Crippen molar-refractivity contribution < 1.29 is 14.7 Å². The van der Waals surface area contributed by atoms with Gasteiger partial charge in [-0.1, -0.05) is 39.3 Å². The molecule has 1 aliphatic rings. The molecule has 4 nitrogen and oxygen atoms in total. The summed E-state index contributed by atoms with van der Waals surface area (Å²) in [6.07, 6.45) is 0.173. The molecule has 1 unspecified atom stereocenters. The van der Waals surface area contributed by atoms with E-state index in [2.05, 4.69) is 21.1 Å². The van der Waals surface area contributed by atoms with Crippen LogP contribution in [0, 0.1) is 0 Å². The van der Waals surface area contributed by atoms with Crippen LogP contribution in [0.5, 0.6) is 0 Å². The number of oxime groups is 1. The number of hydrogen-bond donors (Lipinski definition) is 1. The lowest BCUT2D eigenvalue weighted by Crippen LogP contribution is -2.13. The molecular formula is C11H10BrNO3. The Morgan fingerprint density at radius 3 is 3.00 bits per heavy atom. The SMILES string of the molecule is O=C(O)CC1CC(c2ccccc2Br)=NO1. The first-order valence-corrected chi connectivity index (χ1v) is 5.65. The number of benzene rings is 1. The largest absolute Gasteiger partial charge is 0.481 e. The second-order valence-corrected chi connectivity index (χ2v) is 4.40. The predicted molar refractivity (Wildman–Crippen MR) is 62.4 cm³/mol. The minimum Gasteiger partial charge on any atom is -0.481 e. The second-order valence-electron chi connectivity index (χ2n) is 3.55. The van der Waals surface area contributed by atoms with Gasteiger partial charge in [0, 0.05) is 16.5 Å². The third-order valence-electron chi connectivity index (χ3n) is 2.32. The second kappa shape index (κ2) is 4.65. The molecule has 16 heavy (non-hydrogen) atoms. The molecule has 5 heteroatoms. The molecule has 1 heterocycles. The van der Waals surface area contributed by atoms with E-state index >= 15 is 0 Å². The van der Waals surface area contributed by atoms with Crippen LogP contribution in [0.4, 0.5) is 0 Å². The molecule has 0 saturated carbocycles. The van der Waals surface area contributed by atoms with Crippen molar-refractivity contribution in [3.05, 3.63) is 34.3 Å². The highest BCUT2D eigenvalue weighted by Gasteiger charge is 2.25. The van der Waals surface area contributed by atoms with Crippen molar-refractivity contribution in [3.63, 3.8) is 0 Å². The summed E-state index contributed by atoms with van der Waals surface area (Å²) in [5.74, 6) is -0.867. The standard InChI is InChI=1S/C11H10BrNO3/c12-9-4-2-1-3-8(9)10-5-7(16-13-10)6-11(14)15/h1-4,7H,5-6H2,(H,14,15). The van der Waals surface area contributed by atoms with Crippen LogP contribution in [-0.2, 0) is 9.63 Å². The fourth-order valence-electron chi connectivity index (χ4n) is 1.59. The number of nitrogens with zero attached hydrogens (tertiary/aromatic N) is 1. The predicted octanol–water partition coefficient (Wildman–Crippen LogP) is 2.42. The van der Waals surface area contributed by atoms with E-state index in [0.717, 1.165) is 15.7 Å². The third kappa shape index (κ3) is 2.41. The van der Waals surface area contributed by atoms with Crippen LogP contribution in [0.3, 0.4) is 0 Å². The Morgan fingerprint density at radius 2 is 2.31 bits per heavy atom. The van der Waals surface area contributed by atoms with E-state index in [1.54, 1.807) is 0 Å². The summed E-state index contributed by atoms with van der Waals surface area (Å²) < 4.78 is 0.938. The minimum atomic E-state index is -0.867. The van der Waals surface area contributed by atoms with Crippen molar-refractivity contribution in [1.82, 2.24) is 0 Å². The normalized spacial score (nSPS) is 19.1. The summed E-state index contributed by atoms with van der Waals surface area (Å²) in [5, 5.41) is 12.6. The van der Waals surface area contributed by atoms with Crippen molar-refractivity contribution >= 4 is 27.6 Å². The topological polar surface area (TPSA) is 58.9 Å². The fraction of sp³-hybridized carbons (Fsp3) is 0.273. The lowest BCUT2D eigenvalue weighted by molar-refractivity contribution is -0.139. The van der Waals surface area contributed by atoms with Crippen molar-refractivity contribution in [2.24, 2.45) is 5.16 Å². The number of aliphatic carboxylic acids is 1. The first-order chi connectivity index (χ1) is 7.66. The van der Waals surface area contributed by atoms with Gasteiger partial charge >= 0.3 is 5.97 Å². The highest BCUT2D eigenvalue weighted by molar-refractivity contribution is 9.10. The van der Waals surface area contributed by atoms with E-state index in [1.807, 2.05) is 24.3 Å². The molecular weight excluding hydrogens is 274 g/mol. The van der Waals surface area contributed by atoms with E-state index in [9.17, 15) is 4.79 Å². The summed E-state index contributed by atoms with van der Waals surface area (Å²) >= 11 is 3.42. The smallest absolute Gasteiger partial charge is 0.307 e. The van der Waals surface area contributed by atoms with Gasteiger partial charge in [0.15, 0.2) is 0 Å². The van der Waals surface area contributed by atoms with Crippen LogP contribution < -0.4 is 0 Å². The highest BCUT2D eigenvalue weighted by atomic mass is 79.9. The molecule has 1 aliphatic heterocycles. The van der Waals surface area contributed by atoms with Crippen LogP contribution in [0.2, 0.25) is 0 Å². The number of carboxylic acids is 1. The Morgan fingerprint density at radius 1 is 1.56 bits per heavy atom. The van der Waals surface area contributed by atoms with Gasteiger partial charge < -0.3 is 9.94 Å². The first-order valence-electron chi connectivity index (χ1n) is 4.86. The maximum atomic E-state index is 10.5. The molecule has 1 atom stereocenters. The molecule has 0 aliphatic carbocycles. The van der Waals surface area contributed by atoms with Crippen LogP contribution in [0.25, 0.3) is 0 Å². The van der Waals surface area contributed by atoms with Gasteiger partial charge in [0.1, 0.15) is 6.10 Å². The van der Waals surface area contributed by atoms with Gasteiger partial charge in [-0.05, 0) is 6.07 Å². The molecule has 0 bridgehead atoms. The lowest BCUT2D eigenvalue weighted by Gasteiger charge is -2.04. The molecule has 0 saturated heterocycles. The molecule has 0 spiro atoms. The van der Waals surface area contributed by atoms with E-state index in [1.165, 1.54) is 0 Å². The molecule has 1 N–H and O–H groups in total. The number of hydrogen-bond acceptors (Lipinski definition) is 3. The number of carbonyl (C=O) groups is 1. The van der Waals surface area contributed by atoms with E-state index in [0.29, 0.717) is 6.42 Å². The Labute approximate surface area is 101 Å². The van der Waals surface area contributed by atoms with E-state index < -0.39 is 5.97 Å². The van der Waals surface area contributed by atoms with Crippen LogP contribution in [-0.4, -0.2) is 22.9 Å². The maximum Gasteiger partial charge on any atom is 0.307 e. The van der Waals surface area contributed by atoms with E-state index in [4.69, 9.17) is 9.94 Å². The van der Waals surface area contributed by atoms with Crippen LogP contribution in [0.15, 0.2) is 33.9 Å². The quantitative estimate of drug-likeness (QED) is 0.927. The minimum absolute atomic E-state index is 0.0164. The van der Waals surface area contributed by atoms with Crippen molar-refractivity contribution in [1.29, 1.82) is 0 Å². The number of halogens is 1. The highest BCUT2D eigenvalue weighted by Crippen LogP contribution is 2.24. The molecule has 84 valence electrons. The summed E-state index contributed by atoms with van der Waals surface area (Å²) in [4.78, 5) is 15.6. The Kier molecular flexibility index (Phi) is 3.24. The van der Waals surface area contributed by atoms with Crippen molar-refractivity contribution in [2.75, 3.05) is 0 Å². The molecule has 0 radical (unpaired) electrons. The van der Waals surface area contributed by atoms with Gasteiger partial charge in [-0.3, -0.25) is 4.79 Å². The first kappa shape index (κ1) is 11.1. The average Bonchev–Trinajstić information content (AvgIpc) is 2.66. The summed E-state index contributed by atoms with van der Waals surface area (Å²) in [5.41, 5.74) is 1.74. The Hall–Kier alpha value is -1.36. The molecule has 0 aromatic heterocycles. The number of carboxylic acid groups (broad SMARTS) is 1. The fourth-order valence-corrected chi connectivity index (χ4v) is 2.10. The number of rotatable bonds is 3. The summed E-state index contributed by atoms with van der Waals surface area (Å²) in [6, 6.07) is 7.67. The van der Waals surface area contributed by atoms with Gasteiger partial charge in [-0.15, -0.1) is 0 Å². The average molecular weight is 284 g/mol. The van der Waals surface area contributed by atoms with Crippen molar-refractivity contribution in [3.8, 4) is 0 Å². The molecule has 0 amide bonds. The Balaban J connectivity index is 2.09. The Bertz CT molecular complexity index is 445. The molecule has 0 fully saturated rings.